The van der Waals surface area contributed by atoms with E-state index in [4.69, 9.17) is 14.2 Å². The van der Waals surface area contributed by atoms with Gasteiger partial charge in [-0.25, -0.2) is 0 Å². The summed E-state index contributed by atoms with van der Waals surface area (Å²) >= 11 is 0. The van der Waals surface area contributed by atoms with Gasteiger partial charge >= 0.3 is 0 Å². The van der Waals surface area contributed by atoms with Gasteiger partial charge in [0.05, 0.1) is 20.4 Å². The average molecular weight is 288 g/mol. The third kappa shape index (κ3) is 3.64. The molecule has 0 saturated heterocycles. The topological polar surface area (TPSA) is 52.6 Å². The molecule has 0 aliphatic carbocycles. The zero-order valence-electron chi connectivity index (χ0n) is 12.6. The van der Waals surface area contributed by atoms with Crippen molar-refractivity contribution in [2.75, 3.05) is 20.8 Å². The lowest BCUT2D eigenvalue weighted by Gasteiger charge is -2.15. The molecule has 1 N–H and O–H groups in total. The van der Waals surface area contributed by atoms with Crippen LogP contribution < -0.4 is 19.5 Å². The SMILES string of the molecule is CCNCc1ccncc1Oc1c(OC)cccc1OC. The first-order chi connectivity index (χ1) is 10.3. The lowest BCUT2D eigenvalue weighted by atomic mass is 10.2. The van der Waals surface area contributed by atoms with E-state index in [1.165, 1.54) is 0 Å². The summed E-state index contributed by atoms with van der Waals surface area (Å²) < 4.78 is 16.7. The molecule has 0 amide bonds. The zero-order chi connectivity index (χ0) is 15.1. The fourth-order valence-corrected chi connectivity index (χ4v) is 1.93. The summed E-state index contributed by atoms with van der Waals surface area (Å²) in [6.07, 6.45) is 3.44. The first-order valence-electron chi connectivity index (χ1n) is 6.82. The van der Waals surface area contributed by atoms with Crippen LogP contribution in [-0.4, -0.2) is 25.7 Å². The maximum absolute atomic E-state index is 6.00. The van der Waals surface area contributed by atoms with Crippen LogP contribution in [0.2, 0.25) is 0 Å². The van der Waals surface area contributed by atoms with Gasteiger partial charge in [-0.3, -0.25) is 4.98 Å². The van der Waals surface area contributed by atoms with Crippen LogP contribution >= 0.6 is 0 Å². The number of methoxy groups -OCH3 is 2. The van der Waals surface area contributed by atoms with Crippen LogP contribution in [-0.2, 0) is 6.54 Å². The summed E-state index contributed by atoms with van der Waals surface area (Å²) in [5.74, 6) is 2.47. The van der Waals surface area contributed by atoms with Crippen molar-refractivity contribution in [1.29, 1.82) is 0 Å². The van der Waals surface area contributed by atoms with Crippen molar-refractivity contribution in [3.05, 3.63) is 42.2 Å². The monoisotopic (exact) mass is 288 g/mol. The maximum Gasteiger partial charge on any atom is 0.211 e. The summed E-state index contributed by atoms with van der Waals surface area (Å²) in [7, 11) is 3.20. The maximum atomic E-state index is 6.00. The van der Waals surface area contributed by atoms with E-state index in [0.717, 1.165) is 12.1 Å². The number of hydrogen-bond acceptors (Lipinski definition) is 5. The van der Waals surface area contributed by atoms with E-state index in [1.807, 2.05) is 24.3 Å². The highest BCUT2D eigenvalue weighted by Crippen LogP contribution is 2.40. The zero-order valence-corrected chi connectivity index (χ0v) is 12.6. The Morgan fingerprint density at radius 2 is 1.76 bits per heavy atom. The molecule has 21 heavy (non-hydrogen) atoms. The summed E-state index contributed by atoms with van der Waals surface area (Å²) in [5.41, 5.74) is 1.03. The molecule has 1 aromatic carbocycles. The van der Waals surface area contributed by atoms with Gasteiger partial charge in [-0.2, -0.15) is 0 Å². The Kier molecular flexibility index (Phi) is 5.40. The smallest absolute Gasteiger partial charge is 0.211 e. The van der Waals surface area contributed by atoms with Gasteiger partial charge in [-0.05, 0) is 24.7 Å². The molecule has 0 radical (unpaired) electrons. The van der Waals surface area contributed by atoms with Crippen LogP contribution in [0.25, 0.3) is 0 Å². The molecule has 2 aromatic rings. The van der Waals surface area contributed by atoms with Gasteiger partial charge in [-0.15, -0.1) is 0 Å². The molecule has 0 atom stereocenters. The minimum Gasteiger partial charge on any atom is -0.493 e. The van der Waals surface area contributed by atoms with Gasteiger partial charge in [-0.1, -0.05) is 13.0 Å². The van der Waals surface area contributed by atoms with Crippen molar-refractivity contribution in [3.8, 4) is 23.0 Å². The molecule has 0 saturated carbocycles. The Labute approximate surface area is 124 Å². The van der Waals surface area contributed by atoms with E-state index >= 15 is 0 Å². The highest BCUT2D eigenvalue weighted by atomic mass is 16.5. The number of ether oxygens (including phenoxy) is 3. The molecule has 0 aliphatic rings. The molecule has 0 bridgehead atoms. The van der Waals surface area contributed by atoms with Crippen LogP contribution in [0.5, 0.6) is 23.0 Å². The number of hydrogen-bond donors (Lipinski definition) is 1. The van der Waals surface area contributed by atoms with Crippen LogP contribution in [0.15, 0.2) is 36.7 Å². The van der Waals surface area contributed by atoms with Crippen LogP contribution in [0.3, 0.4) is 0 Å². The average Bonchev–Trinajstić information content (AvgIpc) is 2.54. The minimum absolute atomic E-state index is 0.549. The van der Waals surface area contributed by atoms with E-state index in [-0.39, 0.29) is 0 Å². The molecule has 5 nitrogen and oxygen atoms in total. The largest absolute Gasteiger partial charge is 0.493 e. The number of rotatable bonds is 7. The van der Waals surface area contributed by atoms with Crippen molar-refractivity contribution < 1.29 is 14.2 Å². The first kappa shape index (κ1) is 15.1. The van der Waals surface area contributed by atoms with Crippen molar-refractivity contribution >= 4 is 0 Å². The molecule has 0 unspecified atom stereocenters. The van der Waals surface area contributed by atoms with E-state index in [2.05, 4.69) is 17.2 Å². The van der Waals surface area contributed by atoms with Gasteiger partial charge in [0.25, 0.3) is 0 Å². The van der Waals surface area contributed by atoms with Crippen molar-refractivity contribution in [2.45, 2.75) is 13.5 Å². The molecule has 1 heterocycles. The molecule has 2 rings (SSSR count). The van der Waals surface area contributed by atoms with Gasteiger partial charge in [0.1, 0.15) is 0 Å². The summed E-state index contributed by atoms with van der Waals surface area (Å²) in [6.45, 7) is 3.66. The number of aromatic nitrogens is 1. The number of nitrogens with one attached hydrogen (secondary N) is 1. The van der Waals surface area contributed by atoms with Crippen molar-refractivity contribution in [2.24, 2.45) is 0 Å². The molecule has 112 valence electrons. The summed E-state index contributed by atoms with van der Waals surface area (Å²) in [4.78, 5) is 4.13. The quantitative estimate of drug-likeness (QED) is 0.848. The summed E-state index contributed by atoms with van der Waals surface area (Å²) in [5, 5.41) is 3.28. The molecular weight excluding hydrogens is 268 g/mol. The number of para-hydroxylation sites is 1. The highest BCUT2D eigenvalue weighted by Gasteiger charge is 2.14. The van der Waals surface area contributed by atoms with Gasteiger partial charge in [0, 0.05) is 18.3 Å². The second-order valence-electron chi connectivity index (χ2n) is 4.36. The fraction of sp³-hybridized carbons (Fsp3) is 0.312. The van der Waals surface area contributed by atoms with Crippen LogP contribution in [0.4, 0.5) is 0 Å². The third-order valence-electron chi connectivity index (χ3n) is 3.03. The van der Waals surface area contributed by atoms with Gasteiger partial charge in [0.2, 0.25) is 5.75 Å². The van der Waals surface area contributed by atoms with Crippen LogP contribution in [0.1, 0.15) is 12.5 Å². The standard InChI is InChI=1S/C16H20N2O3/c1-4-17-10-12-8-9-18-11-15(12)21-16-13(19-2)6-5-7-14(16)20-3/h5-9,11,17H,4,10H2,1-3H3. The third-order valence-corrected chi connectivity index (χ3v) is 3.03. The van der Waals surface area contributed by atoms with E-state index < -0.39 is 0 Å². The predicted molar refractivity (Wildman–Crippen MR) is 81.2 cm³/mol. The number of nitrogens with zero attached hydrogens (tertiary/aromatic N) is 1. The Morgan fingerprint density at radius 3 is 2.38 bits per heavy atom. The van der Waals surface area contributed by atoms with Gasteiger partial charge < -0.3 is 19.5 Å². The normalized spacial score (nSPS) is 10.2. The Hall–Kier alpha value is -2.27. The first-order valence-corrected chi connectivity index (χ1v) is 6.82. The van der Waals surface area contributed by atoms with Gasteiger partial charge in [0.15, 0.2) is 17.2 Å². The Balaban J connectivity index is 2.34. The minimum atomic E-state index is 0.549. The second kappa shape index (κ2) is 7.50. The molecular formula is C16H20N2O3. The van der Waals surface area contributed by atoms with E-state index in [0.29, 0.717) is 29.5 Å². The van der Waals surface area contributed by atoms with E-state index in [9.17, 15) is 0 Å². The Bertz CT molecular complexity index is 565. The lowest BCUT2D eigenvalue weighted by molar-refractivity contribution is 0.344. The van der Waals surface area contributed by atoms with Crippen molar-refractivity contribution in [1.82, 2.24) is 10.3 Å². The molecule has 0 aliphatic heterocycles. The molecule has 5 heteroatoms. The lowest BCUT2D eigenvalue weighted by Crippen LogP contribution is -2.12. The molecule has 0 fully saturated rings. The van der Waals surface area contributed by atoms with Crippen molar-refractivity contribution in [3.63, 3.8) is 0 Å². The number of benzene rings is 1. The van der Waals surface area contributed by atoms with E-state index in [1.54, 1.807) is 26.6 Å². The second-order valence-corrected chi connectivity index (χ2v) is 4.36. The predicted octanol–water partition coefficient (Wildman–Crippen LogP) is 3.00. The van der Waals surface area contributed by atoms with Crippen LogP contribution in [0, 0.1) is 0 Å². The molecule has 0 spiro atoms. The fourth-order valence-electron chi connectivity index (χ4n) is 1.93. The highest BCUT2D eigenvalue weighted by molar-refractivity contribution is 5.53. The Morgan fingerprint density at radius 1 is 1.05 bits per heavy atom. The number of pyridine rings is 1. The molecule has 1 aromatic heterocycles. The summed E-state index contributed by atoms with van der Waals surface area (Å²) in [6, 6.07) is 7.45.